The van der Waals surface area contributed by atoms with Crippen molar-refractivity contribution in [1.29, 1.82) is 0 Å². The maximum atomic E-state index is 12.0. The Bertz CT molecular complexity index is 770. The van der Waals surface area contributed by atoms with Gasteiger partial charge in [-0.15, -0.1) is 0 Å². The summed E-state index contributed by atoms with van der Waals surface area (Å²) in [6.45, 7) is 5.29. The highest BCUT2D eigenvalue weighted by molar-refractivity contribution is 5.89. The van der Waals surface area contributed by atoms with E-state index < -0.39 is 12.1 Å². The van der Waals surface area contributed by atoms with Gasteiger partial charge in [-0.05, 0) is 30.4 Å². The van der Waals surface area contributed by atoms with Crippen molar-refractivity contribution in [2.45, 2.75) is 25.9 Å². The van der Waals surface area contributed by atoms with Gasteiger partial charge in [-0.3, -0.25) is 4.79 Å². The predicted molar refractivity (Wildman–Crippen MR) is 90.9 cm³/mol. The summed E-state index contributed by atoms with van der Waals surface area (Å²) in [5, 5.41) is 0. The van der Waals surface area contributed by atoms with Crippen LogP contribution < -0.4 is 0 Å². The summed E-state index contributed by atoms with van der Waals surface area (Å²) < 4.78 is 10.4. The number of fused-ring (bicyclic) bond motifs is 2. The highest BCUT2D eigenvalue weighted by Gasteiger charge is 2.35. The summed E-state index contributed by atoms with van der Waals surface area (Å²) in [4.78, 5) is 23.6. The second-order valence-electron chi connectivity index (χ2n) is 6.19. The first-order chi connectivity index (χ1) is 11.5. The van der Waals surface area contributed by atoms with E-state index >= 15 is 0 Å². The molecule has 0 bridgehead atoms. The molecule has 0 heterocycles. The molecular weight excluding hydrogens is 304 g/mol. The predicted octanol–water partition coefficient (Wildman–Crippen LogP) is 3.75. The molecule has 0 spiro atoms. The molecule has 124 valence electrons. The van der Waals surface area contributed by atoms with Crippen LogP contribution in [-0.2, 0) is 19.1 Å². The van der Waals surface area contributed by atoms with Gasteiger partial charge in [-0.2, -0.15) is 0 Å². The molecule has 1 aromatic rings. The van der Waals surface area contributed by atoms with Crippen LogP contribution in [0.1, 0.15) is 37.0 Å². The van der Waals surface area contributed by atoms with E-state index in [2.05, 4.69) is 6.58 Å². The van der Waals surface area contributed by atoms with Gasteiger partial charge in [0.2, 0.25) is 0 Å². The molecule has 0 amide bonds. The standard InChI is InChI=1S/C20H20O4/c1-12(2)20(22)24-19-15-7-5-4-6-14(15)17-10-13(8-9-16(17)19)11-18(21)23-3/h4-9,13,19H,1,10-11H2,2-3H3. The van der Waals surface area contributed by atoms with E-state index in [1.54, 1.807) is 6.92 Å². The van der Waals surface area contributed by atoms with Crippen molar-refractivity contribution in [3.05, 3.63) is 65.3 Å². The molecule has 0 saturated carbocycles. The molecule has 2 unspecified atom stereocenters. The largest absolute Gasteiger partial charge is 0.469 e. The van der Waals surface area contributed by atoms with E-state index in [-0.39, 0.29) is 11.9 Å². The number of hydrogen-bond acceptors (Lipinski definition) is 4. The molecule has 2 aliphatic rings. The summed E-state index contributed by atoms with van der Waals surface area (Å²) in [6, 6.07) is 7.93. The third-order valence-electron chi connectivity index (χ3n) is 4.44. The van der Waals surface area contributed by atoms with Crippen LogP contribution >= 0.6 is 0 Å². The Balaban J connectivity index is 1.91. The van der Waals surface area contributed by atoms with Crippen molar-refractivity contribution in [3.8, 4) is 0 Å². The van der Waals surface area contributed by atoms with Gasteiger partial charge < -0.3 is 9.47 Å². The molecule has 2 aliphatic carbocycles. The molecule has 0 N–H and O–H groups in total. The number of benzene rings is 1. The van der Waals surface area contributed by atoms with Gasteiger partial charge >= 0.3 is 11.9 Å². The van der Waals surface area contributed by atoms with Crippen molar-refractivity contribution in [1.82, 2.24) is 0 Å². The SMILES string of the molecule is C=C(C)C(=O)OC1C2=C(CC(CC(=O)OC)C=C2)c2ccccc21. The fraction of sp³-hybridized carbons (Fsp3) is 0.300. The average molecular weight is 324 g/mol. The quantitative estimate of drug-likeness (QED) is 0.625. The fourth-order valence-electron chi connectivity index (χ4n) is 3.24. The van der Waals surface area contributed by atoms with Crippen LogP contribution in [0.15, 0.2) is 54.1 Å². The van der Waals surface area contributed by atoms with Crippen molar-refractivity contribution in [3.63, 3.8) is 0 Å². The Hall–Kier alpha value is -2.62. The number of allylic oxidation sites excluding steroid dienone is 2. The number of hydrogen-bond donors (Lipinski definition) is 0. The topological polar surface area (TPSA) is 52.6 Å². The zero-order valence-corrected chi connectivity index (χ0v) is 13.9. The third-order valence-corrected chi connectivity index (χ3v) is 4.44. The number of ether oxygens (including phenoxy) is 2. The third kappa shape index (κ3) is 2.92. The van der Waals surface area contributed by atoms with Crippen LogP contribution in [0.4, 0.5) is 0 Å². The van der Waals surface area contributed by atoms with E-state index in [1.807, 2.05) is 36.4 Å². The minimum Gasteiger partial charge on any atom is -0.469 e. The van der Waals surface area contributed by atoms with Gasteiger partial charge in [-0.1, -0.05) is 43.0 Å². The summed E-state index contributed by atoms with van der Waals surface area (Å²) in [5.74, 6) is -0.515. The van der Waals surface area contributed by atoms with Crippen molar-refractivity contribution in [2.24, 2.45) is 5.92 Å². The van der Waals surface area contributed by atoms with E-state index in [4.69, 9.17) is 9.47 Å². The Kier molecular flexibility index (Phi) is 4.38. The zero-order valence-electron chi connectivity index (χ0n) is 13.9. The molecule has 0 aromatic heterocycles. The van der Waals surface area contributed by atoms with Crippen LogP contribution in [0.3, 0.4) is 0 Å². The lowest BCUT2D eigenvalue weighted by Gasteiger charge is -2.20. The van der Waals surface area contributed by atoms with Crippen molar-refractivity contribution < 1.29 is 19.1 Å². The van der Waals surface area contributed by atoms with E-state index in [0.717, 1.165) is 28.7 Å². The monoisotopic (exact) mass is 324 g/mol. The molecule has 4 heteroatoms. The number of esters is 2. The molecule has 4 nitrogen and oxygen atoms in total. The van der Waals surface area contributed by atoms with Crippen LogP contribution in [0.2, 0.25) is 0 Å². The number of rotatable bonds is 4. The smallest absolute Gasteiger partial charge is 0.334 e. The molecule has 2 atom stereocenters. The van der Waals surface area contributed by atoms with E-state index in [9.17, 15) is 9.59 Å². The summed E-state index contributed by atoms with van der Waals surface area (Å²) in [7, 11) is 1.40. The van der Waals surface area contributed by atoms with Gasteiger partial charge in [0.25, 0.3) is 0 Å². The first-order valence-corrected chi connectivity index (χ1v) is 7.95. The van der Waals surface area contributed by atoms with Crippen LogP contribution in [-0.4, -0.2) is 19.0 Å². The highest BCUT2D eigenvalue weighted by atomic mass is 16.5. The lowest BCUT2D eigenvalue weighted by molar-refractivity contribution is -0.142. The number of carbonyl (C=O) groups excluding carboxylic acids is 2. The lowest BCUT2D eigenvalue weighted by Crippen LogP contribution is -2.14. The van der Waals surface area contributed by atoms with Gasteiger partial charge in [0.15, 0.2) is 6.10 Å². The summed E-state index contributed by atoms with van der Waals surface area (Å²) >= 11 is 0. The Labute approximate surface area is 141 Å². The second kappa shape index (κ2) is 6.48. The number of methoxy groups -OCH3 is 1. The number of carbonyl (C=O) groups is 2. The van der Waals surface area contributed by atoms with Crippen LogP contribution in [0.5, 0.6) is 0 Å². The van der Waals surface area contributed by atoms with Gasteiger partial charge in [0, 0.05) is 16.7 Å². The van der Waals surface area contributed by atoms with Gasteiger partial charge in [0.05, 0.1) is 13.5 Å². The summed E-state index contributed by atoms with van der Waals surface area (Å²) in [5.41, 5.74) is 4.59. The van der Waals surface area contributed by atoms with Crippen LogP contribution in [0.25, 0.3) is 5.57 Å². The van der Waals surface area contributed by atoms with E-state index in [1.165, 1.54) is 7.11 Å². The normalized spacial score (nSPS) is 21.1. The van der Waals surface area contributed by atoms with E-state index in [0.29, 0.717) is 12.0 Å². The van der Waals surface area contributed by atoms with Crippen molar-refractivity contribution >= 4 is 17.5 Å². The molecule has 1 aromatic carbocycles. The van der Waals surface area contributed by atoms with Crippen LogP contribution in [0, 0.1) is 5.92 Å². The first-order valence-electron chi connectivity index (χ1n) is 7.95. The lowest BCUT2D eigenvalue weighted by atomic mass is 9.87. The average Bonchev–Trinajstić information content (AvgIpc) is 2.88. The van der Waals surface area contributed by atoms with Crippen molar-refractivity contribution in [2.75, 3.05) is 7.11 Å². The fourth-order valence-corrected chi connectivity index (χ4v) is 3.24. The molecule has 0 saturated heterocycles. The molecular formula is C20H20O4. The minimum atomic E-state index is -0.407. The molecule has 0 radical (unpaired) electrons. The summed E-state index contributed by atoms with van der Waals surface area (Å²) in [6.07, 6.45) is 4.66. The Morgan fingerprint density at radius 3 is 2.75 bits per heavy atom. The minimum absolute atomic E-state index is 0.0971. The Morgan fingerprint density at radius 2 is 2.04 bits per heavy atom. The van der Waals surface area contributed by atoms with Gasteiger partial charge in [-0.25, -0.2) is 4.79 Å². The second-order valence-corrected chi connectivity index (χ2v) is 6.19. The zero-order chi connectivity index (χ0) is 17.3. The molecule has 0 aliphatic heterocycles. The maximum Gasteiger partial charge on any atom is 0.334 e. The Morgan fingerprint density at radius 1 is 1.29 bits per heavy atom. The molecule has 24 heavy (non-hydrogen) atoms. The maximum absolute atomic E-state index is 12.0. The molecule has 3 rings (SSSR count). The molecule has 0 fully saturated rings. The first kappa shape index (κ1) is 16.2. The highest BCUT2D eigenvalue weighted by Crippen LogP contribution is 2.48. The van der Waals surface area contributed by atoms with Gasteiger partial charge in [0.1, 0.15) is 0 Å².